The van der Waals surface area contributed by atoms with Gasteiger partial charge in [-0.3, -0.25) is 4.79 Å². The molecule has 1 aliphatic heterocycles. The highest BCUT2D eigenvalue weighted by Gasteiger charge is 2.14. The largest absolute Gasteiger partial charge is 0.481 e. The lowest BCUT2D eigenvalue weighted by atomic mass is 10.0. The van der Waals surface area contributed by atoms with Gasteiger partial charge in [-0.1, -0.05) is 42.5 Å². The Bertz CT molecular complexity index is 698. The quantitative estimate of drug-likeness (QED) is 0.774. The monoisotopic (exact) mass is 266 g/mol. The topological polar surface area (TPSA) is 50.4 Å². The van der Waals surface area contributed by atoms with E-state index in [1.807, 2.05) is 48.5 Å². The summed E-state index contributed by atoms with van der Waals surface area (Å²) in [5.41, 5.74) is 3.04. The maximum Gasteiger partial charge on any atom is 0.303 e. The third-order valence-electron chi connectivity index (χ3n) is 3.29. The summed E-state index contributed by atoms with van der Waals surface area (Å²) in [4.78, 5) is 10.8. The number of aryl methyl sites for hydroxylation is 1. The summed E-state index contributed by atoms with van der Waals surface area (Å²) < 4.78 is 5.87. The summed E-state index contributed by atoms with van der Waals surface area (Å²) in [5, 5.41) is 8.87. The zero-order valence-corrected chi connectivity index (χ0v) is 10.9. The number of carboxylic acid groups (broad SMARTS) is 1. The van der Waals surface area contributed by atoms with E-state index in [0.717, 1.165) is 28.2 Å². The summed E-state index contributed by atoms with van der Waals surface area (Å²) in [6.45, 7) is 0. The predicted octanol–water partition coefficient (Wildman–Crippen LogP) is 4.07. The van der Waals surface area contributed by atoms with Gasteiger partial charge in [0.1, 0.15) is 11.5 Å². The molecule has 0 bridgehead atoms. The molecule has 0 amide bonds. The number of carbonyl (C=O) groups is 1. The molecule has 0 spiro atoms. The van der Waals surface area contributed by atoms with Crippen molar-refractivity contribution in [2.75, 3.05) is 0 Å². The van der Waals surface area contributed by atoms with Crippen LogP contribution in [-0.2, 0) is 11.2 Å². The molecule has 0 unspecified atom stereocenters. The van der Waals surface area contributed by atoms with Crippen LogP contribution in [0.4, 0.5) is 0 Å². The summed E-state index contributed by atoms with van der Waals surface area (Å²) >= 11 is 0. The Labute approximate surface area is 116 Å². The Kier molecular flexibility index (Phi) is 3.25. The summed E-state index contributed by atoms with van der Waals surface area (Å²) in [6, 6.07) is 17.8. The van der Waals surface area contributed by atoms with Crippen LogP contribution >= 0.6 is 0 Å². The SMILES string of the molecule is O=C(O)CCc1oc2cccc-2cc1-c1ccccc1. The molecule has 0 atom stereocenters. The van der Waals surface area contributed by atoms with Crippen LogP contribution < -0.4 is 0 Å². The third kappa shape index (κ3) is 2.43. The van der Waals surface area contributed by atoms with Crippen LogP contribution in [0.15, 0.2) is 59.0 Å². The van der Waals surface area contributed by atoms with Gasteiger partial charge in [0.15, 0.2) is 0 Å². The molecule has 0 saturated heterocycles. The van der Waals surface area contributed by atoms with E-state index in [2.05, 4.69) is 6.07 Å². The van der Waals surface area contributed by atoms with E-state index in [9.17, 15) is 4.79 Å². The molecule has 20 heavy (non-hydrogen) atoms. The van der Waals surface area contributed by atoms with Crippen molar-refractivity contribution in [2.24, 2.45) is 0 Å². The molecule has 3 nitrogen and oxygen atoms in total. The molecule has 0 fully saturated rings. The maximum absolute atomic E-state index is 10.8. The fourth-order valence-electron chi connectivity index (χ4n) is 2.32. The Morgan fingerprint density at radius 3 is 2.50 bits per heavy atom. The Morgan fingerprint density at radius 2 is 1.75 bits per heavy atom. The third-order valence-corrected chi connectivity index (χ3v) is 3.29. The van der Waals surface area contributed by atoms with Gasteiger partial charge in [0.25, 0.3) is 0 Å². The Morgan fingerprint density at radius 1 is 1.00 bits per heavy atom. The predicted molar refractivity (Wildman–Crippen MR) is 76.7 cm³/mol. The van der Waals surface area contributed by atoms with Crippen molar-refractivity contribution in [1.82, 2.24) is 0 Å². The molecule has 1 N–H and O–H groups in total. The van der Waals surface area contributed by atoms with E-state index >= 15 is 0 Å². The van der Waals surface area contributed by atoms with Gasteiger partial charge in [0.05, 0.1) is 6.42 Å². The fourth-order valence-corrected chi connectivity index (χ4v) is 2.32. The number of aliphatic carboxylic acids is 1. The average molecular weight is 266 g/mol. The molecular weight excluding hydrogens is 252 g/mol. The fraction of sp³-hybridized carbons (Fsp3) is 0.118. The second-order valence-electron chi connectivity index (χ2n) is 4.69. The highest BCUT2D eigenvalue weighted by Crippen LogP contribution is 2.33. The van der Waals surface area contributed by atoms with Crippen molar-refractivity contribution in [3.8, 4) is 22.5 Å². The first kappa shape index (κ1) is 12.5. The number of benzene rings is 1. The highest BCUT2D eigenvalue weighted by molar-refractivity contribution is 5.74. The van der Waals surface area contributed by atoms with E-state index < -0.39 is 5.97 Å². The van der Waals surface area contributed by atoms with Crippen molar-refractivity contribution in [3.05, 3.63) is 60.4 Å². The molecule has 2 aliphatic rings. The van der Waals surface area contributed by atoms with E-state index in [4.69, 9.17) is 9.52 Å². The second-order valence-corrected chi connectivity index (χ2v) is 4.69. The first-order chi connectivity index (χ1) is 9.74. The van der Waals surface area contributed by atoms with Gasteiger partial charge >= 0.3 is 5.97 Å². The van der Waals surface area contributed by atoms with Gasteiger partial charge in [0, 0.05) is 17.5 Å². The van der Waals surface area contributed by atoms with Gasteiger partial charge in [-0.2, -0.15) is 0 Å². The molecule has 1 aromatic rings. The minimum Gasteiger partial charge on any atom is -0.481 e. The number of carboxylic acids is 1. The first-order valence-electron chi connectivity index (χ1n) is 6.53. The van der Waals surface area contributed by atoms with Crippen molar-refractivity contribution in [2.45, 2.75) is 12.8 Å². The summed E-state index contributed by atoms with van der Waals surface area (Å²) in [5.74, 6) is 0.698. The lowest BCUT2D eigenvalue weighted by molar-refractivity contribution is -0.137. The molecule has 100 valence electrons. The summed E-state index contributed by atoms with van der Waals surface area (Å²) in [7, 11) is 0. The van der Waals surface area contributed by atoms with Gasteiger partial charge in [-0.15, -0.1) is 0 Å². The number of hydrogen-bond acceptors (Lipinski definition) is 2. The molecular formula is C17H14O3. The minimum absolute atomic E-state index is 0.0650. The average Bonchev–Trinajstić information content (AvgIpc) is 2.92. The lowest BCUT2D eigenvalue weighted by Crippen LogP contribution is -1.99. The minimum atomic E-state index is -0.818. The van der Waals surface area contributed by atoms with Crippen LogP contribution in [0, 0.1) is 0 Å². The molecule has 1 aliphatic carbocycles. The zero-order valence-electron chi connectivity index (χ0n) is 10.9. The van der Waals surface area contributed by atoms with Crippen LogP contribution in [0.2, 0.25) is 0 Å². The normalized spacial score (nSPS) is 10.8. The van der Waals surface area contributed by atoms with Gasteiger partial charge in [0.2, 0.25) is 0 Å². The van der Waals surface area contributed by atoms with Crippen LogP contribution in [-0.4, -0.2) is 11.1 Å². The molecule has 0 radical (unpaired) electrons. The van der Waals surface area contributed by atoms with E-state index in [-0.39, 0.29) is 6.42 Å². The Balaban J connectivity index is 2.10. The lowest BCUT2D eigenvalue weighted by Gasteiger charge is -2.11. The molecule has 3 heteroatoms. The van der Waals surface area contributed by atoms with Crippen molar-refractivity contribution in [3.63, 3.8) is 0 Å². The molecule has 0 saturated carbocycles. The summed E-state index contributed by atoms with van der Waals surface area (Å²) in [6.07, 6.45) is 0.455. The Hall–Kier alpha value is -2.55. The van der Waals surface area contributed by atoms with Crippen molar-refractivity contribution >= 4 is 5.97 Å². The van der Waals surface area contributed by atoms with Crippen LogP contribution in [0.3, 0.4) is 0 Å². The van der Waals surface area contributed by atoms with Crippen molar-refractivity contribution < 1.29 is 14.3 Å². The molecule has 3 rings (SSSR count). The first-order valence-corrected chi connectivity index (χ1v) is 6.53. The number of hydrogen-bond donors (Lipinski definition) is 1. The smallest absolute Gasteiger partial charge is 0.303 e. The standard InChI is InChI=1S/C17H14O3/c18-17(19)10-9-16-14(12-5-2-1-3-6-12)11-13-7-4-8-15(13)20-16/h1-8,11H,9-10H2,(H,18,19). The van der Waals surface area contributed by atoms with Crippen LogP contribution in [0.1, 0.15) is 12.2 Å². The zero-order chi connectivity index (χ0) is 13.9. The van der Waals surface area contributed by atoms with E-state index in [1.54, 1.807) is 0 Å². The van der Waals surface area contributed by atoms with Crippen LogP contribution in [0.25, 0.3) is 22.5 Å². The van der Waals surface area contributed by atoms with Gasteiger partial charge in [-0.25, -0.2) is 0 Å². The van der Waals surface area contributed by atoms with Gasteiger partial charge in [-0.05, 0) is 17.7 Å². The maximum atomic E-state index is 10.8. The van der Waals surface area contributed by atoms with Crippen molar-refractivity contribution in [1.29, 1.82) is 0 Å². The van der Waals surface area contributed by atoms with E-state index in [0.29, 0.717) is 6.42 Å². The van der Waals surface area contributed by atoms with Gasteiger partial charge < -0.3 is 9.52 Å². The molecule has 1 heterocycles. The highest BCUT2D eigenvalue weighted by atomic mass is 16.4. The molecule has 1 aromatic carbocycles. The second kappa shape index (κ2) is 5.21. The number of rotatable bonds is 4. The van der Waals surface area contributed by atoms with Crippen LogP contribution in [0.5, 0.6) is 0 Å². The van der Waals surface area contributed by atoms with E-state index in [1.165, 1.54) is 0 Å². The molecule has 0 aromatic heterocycles. The number of fused-ring (bicyclic) bond motifs is 1.